The number of benzene rings is 1. The summed E-state index contributed by atoms with van der Waals surface area (Å²) < 4.78 is 10.7. The van der Waals surface area contributed by atoms with E-state index in [1.807, 2.05) is 12.1 Å². The second-order valence-electron chi connectivity index (χ2n) is 4.54. The van der Waals surface area contributed by atoms with Crippen molar-refractivity contribution in [2.75, 3.05) is 20.3 Å². The molecule has 16 heavy (non-hydrogen) atoms. The van der Waals surface area contributed by atoms with Crippen LogP contribution in [0, 0.1) is 0 Å². The van der Waals surface area contributed by atoms with E-state index in [-0.39, 0.29) is 5.54 Å². The van der Waals surface area contributed by atoms with E-state index in [9.17, 15) is 0 Å². The normalized spacial score (nSPS) is 17.1. The second kappa shape index (κ2) is 4.85. The second-order valence-corrected chi connectivity index (χ2v) is 4.54. The average Bonchev–Trinajstić information content (AvgIpc) is 3.04. The lowest BCUT2D eigenvalue weighted by molar-refractivity contribution is 0.202. The lowest BCUT2D eigenvalue weighted by atomic mass is 10.1. The summed E-state index contributed by atoms with van der Waals surface area (Å²) in [5.74, 6) is 0.901. The third kappa shape index (κ3) is 3.22. The van der Waals surface area contributed by atoms with Gasteiger partial charge in [0.25, 0.3) is 0 Å². The molecule has 0 spiro atoms. The summed E-state index contributed by atoms with van der Waals surface area (Å²) in [6.45, 7) is 1.39. The highest BCUT2D eigenvalue weighted by molar-refractivity contribution is 5.27. The Bertz CT molecular complexity index is 330. The van der Waals surface area contributed by atoms with E-state index in [1.165, 1.54) is 5.56 Å². The topological polar surface area (TPSA) is 44.5 Å². The minimum absolute atomic E-state index is 0.0469. The first-order chi connectivity index (χ1) is 7.72. The van der Waals surface area contributed by atoms with Gasteiger partial charge in [-0.3, -0.25) is 0 Å². The summed E-state index contributed by atoms with van der Waals surface area (Å²) in [6.07, 6.45) is 3.11. The van der Waals surface area contributed by atoms with E-state index < -0.39 is 0 Å². The number of nitrogens with two attached hydrogens (primary N) is 1. The van der Waals surface area contributed by atoms with E-state index in [0.29, 0.717) is 6.61 Å². The van der Waals surface area contributed by atoms with Crippen LogP contribution in [-0.4, -0.2) is 25.9 Å². The van der Waals surface area contributed by atoms with Crippen molar-refractivity contribution < 1.29 is 9.47 Å². The Balaban J connectivity index is 1.81. The number of rotatable bonds is 6. The van der Waals surface area contributed by atoms with Crippen molar-refractivity contribution in [1.29, 1.82) is 0 Å². The van der Waals surface area contributed by atoms with E-state index in [0.717, 1.165) is 31.6 Å². The third-order valence-corrected chi connectivity index (χ3v) is 2.94. The average molecular weight is 221 g/mol. The predicted octanol–water partition coefficient (Wildman–Crippen LogP) is 1.75. The third-order valence-electron chi connectivity index (χ3n) is 2.94. The fraction of sp³-hybridized carbons (Fsp3) is 0.538. The van der Waals surface area contributed by atoms with Gasteiger partial charge < -0.3 is 15.2 Å². The van der Waals surface area contributed by atoms with Crippen molar-refractivity contribution in [3.05, 3.63) is 29.8 Å². The van der Waals surface area contributed by atoms with Gasteiger partial charge in [0.15, 0.2) is 0 Å². The summed E-state index contributed by atoms with van der Waals surface area (Å²) in [6, 6.07) is 8.14. The minimum atomic E-state index is -0.0469. The molecule has 1 saturated carbocycles. The Hall–Kier alpha value is -1.06. The largest absolute Gasteiger partial charge is 0.492 e. The molecule has 2 N–H and O–H groups in total. The molecule has 0 radical (unpaired) electrons. The lowest BCUT2D eigenvalue weighted by Crippen LogP contribution is -2.29. The van der Waals surface area contributed by atoms with Gasteiger partial charge in [0.2, 0.25) is 0 Å². The van der Waals surface area contributed by atoms with Crippen molar-refractivity contribution in [1.82, 2.24) is 0 Å². The Kier molecular flexibility index (Phi) is 3.46. The van der Waals surface area contributed by atoms with Crippen LogP contribution in [0.4, 0.5) is 0 Å². The molecule has 0 heterocycles. The zero-order valence-electron chi connectivity index (χ0n) is 9.74. The molecule has 0 saturated heterocycles. The molecule has 2 rings (SSSR count). The first-order valence-electron chi connectivity index (χ1n) is 5.71. The maximum absolute atomic E-state index is 5.95. The maximum Gasteiger partial charge on any atom is 0.119 e. The zero-order valence-corrected chi connectivity index (χ0v) is 9.74. The molecular weight excluding hydrogens is 202 g/mol. The Labute approximate surface area is 96.5 Å². The molecule has 0 aliphatic heterocycles. The standard InChI is InChI=1S/C13H19NO2/c1-15-9-6-11-2-4-12(5-3-11)16-10-13(14)7-8-13/h2-5H,6-10,14H2,1H3. The first kappa shape index (κ1) is 11.4. The van der Waals surface area contributed by atoms with Gasteiger partial charge in [0, 0.05) is 7.11 Å². The van der Waals surface area contributed by atoms with Gasteiger partial charge in [-0.25, -0.2) is 0 Å². The molecule has 0 bridgehead atoms. The predicted molar refractivity (Wildman–Crippen MR) is 63.7 cm³/mol. The molecule has 0 unspecified atom stereocenters. The molecule has 0 aromatic heterocycles. The summed E-state index contributed by atoms with van der Waals surface area (Å²) >= 11 is 0. The van der Waals surface area contributed by atoms with E-state index in [1.54, 1.807) is 7.11 Å². The molecule has 0 atom stereocenters. The fourth-order valence-electron chi connectivity index (χ4n) is 1.50. The SMILES string of the molecule is COCCc1ccc(OCC2(N)CC2)cc1. The molecule has 0 amide bonds. The van der Waals surface area contributed by atoms with E-state index in [4.69, 9.17) is 15.2 Å². The molecule has 1 aromatic rings. The first-order valence-corrected chi connectivity index (χ1v) is 5.71. The van der Waals surface area contributed by atoms with Crippen LogP contribution in [-0.2, 0) is 11.2 Å². The van der Waals surface area contributed by atoms with E-state index in [2.05, 4.69) is 12.1 Å². The van der Waals surface area contributed by atoms with Gasteiger partial charge in [-0.05, 0) is 37.0 Å². The quantitative estimate of drug-likeness (QED) is 0.796. The zero-order chi connectivity index (χ0) is 11.4. The minimum Gasteiger partial charge on any atom is -0.492 e. The van der Waals surface area contributed by atoms with Gasteiger partial charge in [-0.15, -0.1) is 0 Å². The van der Waals surface area contributed by atoms with Crippen LogP contribution < -0.4 is 10.5 Å². The van der Waals surface area contributed by atoms with Crippen molar-refractivity contribution in [3.63, 3.8) is 0 Å². The number of hydrogen-bond donors (Lipinski definition) is 1. The van der Waals surface area contributed by atoms with Gasteiger partial charge in [0.1, 0.15) is 12.4 Å². The van der Waals surface area contributed by atoms with Crippen molar-refractivity contribution in [2.45, 2.75) is 24.8 Å². The maximum atomic E-state index is 5.95. The van der Waals surface area contributed by atoms with Crippen LogP contribution in [0.3, 0.4) is 0 Å². The summed E-state index contributed by atoms with van der Waals surface area (Å²) in [4.78, 5) is 0. The molecule has 1 fully saturated rings. The van der Waals surface area contributed by atoms with Gasteiger partial charge in [-0.1, -0.05) is 12.1 Å². The molecular formula is C13H19NO2. The van der Waals surface area contributed by atoms with E-state index >= 15 is 0 Å². The number of hydrogen-bond acceptors (Lipinski definition) is 3. The molecule has 1 aliphatic rings. The van der Waals surface area contributed by atoms with Gasteiger partial charge >= 0.3 is 0 Å². The summed E-state index contributed by atoms with van der Waals surface area (Å²) in [5, 5.41) is 0. The highest BCUT2D eigenvalue weighted by atomic mass is 16.5. The van der Waals surface area contributed by atoms with Crippen molar-refractivity contribution in [3.8, 4) is 5.75 Å². The Morgan fingerprint density at radius 2 is 1.94 bits per heavy atom. The van der Waals surface area contributed by atoms with Crippen molar-refractivity contribution in [2.24, 2.45) is 5.73 Å². The van der Waals surface area contributed by atoms with Crippen LogP contribution in [0.5, 0.6) is 5.75 Å². The Morgan fingerprint density at radius 1 is 1.25 bits per heavy atom. The van der Waals surface area contributed by atoms with Crippen LogP contribution >= 0.6 is 0 Å². The summed E-state index contributed by atoms with van der Waals surface area (Å²) in [5.41, 5.74) is 7.17. The van der Waals surface area contributed by atoms with Crippen LogP contribution in [0.2, 0.25) is 0 Å². The highest BCUT2D eigenvalue weighted by Crippen LogP contribution is 2.32. The number of ether oxygens (including phenoxy) is 2. The van der Waals surface area contributed by atoms with Crippen molar-refractivity contribution >= 4 is 0 Å². The molecule has 88 valence electrons. The molecule has 3 nitrogen and oxygen atoms in total. The van der Waals surface area contributed by atoms with Gasteiger partial charge in [-0.2, -0.15) is 0 Å². The fourth-order valence-corrected chi connectivity index (χ4v) is 1.50. The van der Waals surface area contributed by atoms with Crippen LogP contribution in [0.15, 0.2) is 24.3 Å². The van der Waals surface area contributed by atoms with Crippen LogP contribution in [0.25, 0.3) is 0 Å². The smallest absolute Gasteiger partial charge is 0.119 e. The Morgan fingerprint density at radius 3 is 2.50 bits per heavy atom. The van der Waals surface area contributed by atoms with Gasteiger partial charge in [0.05, 0.1) is 12.1 Å². The molecule has 1 aliphatic carbocycles. The van der Waals surface area contributed by atoms with Crippen LogP contribution in [0.1, 0.15) is 18.4 Å². The monoisotopic (exact) mass is 221 g/mol. The number of methoxy groups -OCH3 is 1. The lowest BCUT2D eigenvalue weighted by Gasteiger charge is -2.11. The molecule has 1 aromatic carbocycles. The molecule has 3 heteroatoms. The highest BCUT2D eigenvalue weighted by Gasteiger charge is 2.39. The summed E-state index contributed by atoms with van der Waals surface area (Å²) in [7, 11) is 1.72.